The Hall–Kier alpha value is -1.87. The third-order valence-corrected chi connectivity index (χ3v) is 5.16. The zero-order valence-electron chi connectivity index (χ0n) is 14.0. The van der Waals surface area contributed by atoms with Crippen LogP contribution in [0.15, 0.2) is 16.7 Å². The lowest BCUT2D eigenvalue weighted by molar-refractivity contribution is -0.156. The Morgan fingerprint density at radius 3 is 2.52 bits per heavy atom. The highest BCUT2D eigenvalue weighted by molar-refractivity contribution is 7.17. The number of piperazine rings is 1. The second-order valence-electron chi connectivity index (χ2n) is 6.33. The van der Waals surface area contributed by atoms with Gasteiger partial charge in [0.1, 0.15) is 5.69 Å². The molecule has 0 aromatic carbocycles. The molecule has 2 atom stereocenters. The average molecular weight is 373 g/mol. The van der Waals surface area contributed by atoms with Crippen LogP contribution >= 0.6 is 11.3 Å². The lowest BCUT2D eigenvalue weighted by Crippen LogP contribution is -2.55. The van der Waals surface area contributed by atoms with Crippen LogP contribution in [0.25, 0.3) is 10.6 Å². The molecule has 3 rings (SSSR count). The molecule has 0 aliphatic carbocycles. The maximum absolute atomic E-state index is 12.8. The number of aromatic nitrogens is 1. The van der Waals surface area contributed by atoms with Gasteiger partial charge in [-0.15, -0.1) is 11.3 Å². The van der Waals surface area contributed by atoms with E-state index in [4.69, 9.17) is 0 Å². The van der Waals surface area contributed by atoms with E-state index in [1.54, 1.807) is 17.0 Å². The van der Waals surface area contributed by atoms with E-state index in [-0.39, 0.29) is 29.2 Å². The van der Waals surface area contributed by atoms with Gasteiger partial charge in [0.05, 0.1) is 9.75 Å². The number of halogens is 3. The summed E-state index contributed by atoms with van der Waals surface area (Å²) < 4.78 is 42.9. The molecule has 0 bridgehead atoms. The number of rotatable bonds is 2. The first-order chi connectivity index (χ1) is 11.7. The number of alkyl halides is 3. The molecular formula is C16H18F3N3O2S. The number of amides is 1. The molecule has 1 fully saturated rings. The number of hydrogen-bond donors (Lipinski definition) is 1. The van der Waals surface area contributed by atoms with E-state index in [2.05, 4.69) is 15.0 Å². The Bertz CT molecular complexity index is 774. The van der Waals surface area contributed by atoms with Crippen LogP contribution in [0.4, 0.5) is 13.2 Å². The number of hydrogen-bond acceptors (Lipinski definition) is 5. The fourth-order valence-corrected chi connectivity index (χ4v) is 4.07. The molecule has 1 N–H and O–H groups in total. The lowest BCUT2D eigenvalue weighted by Gasteiger charge is -2.35. The van der Waals surface area contributed by atoms with Gasteiger partial charge >= 0.3 is 6.18 Å². The van der Waals surface area contributed by atoms with Crippen molar-refractivity contribution in [3.63, 3.8) is 0 Å². The standard InChI is InChI=1S/C16H18F3N3O2S/c1-8-6-22(7-9(2)20-8)15(23)12-5-4-11(25-12)13-10(3)14(24-21-13)16(17,18)19/h4-5,8-9,20H,6-7H2,1-3H3/t8-,9?/m0/s1. The van der Waals surface area contributed by atoms with Crippen LogP contribution in [0.1, 0.15) is 34.8 Å². The summed E-state index contributed by atoms with van der Waals surface area (Å²) in [5, 5.41) is 6.89. The Morgan fingerprint density at radius 2 is 1.96 bits per heavy atom. The van der Waals surface area contributed by atoms with Crippen molar-refractivity contribution in [3.05, 3.63) is 28.3 Å². The highest BCUT2D eigenvalue weighted by atomic mass is 32.1. The normalized spacial score (nSPS) is 21.6. The maximum atomic E-state index is 12.8. The summed E-state index contributed by atoms with van der Waals surface area (Å²) in [7, 11) is 0. The summed E-state index contributed by atoms with van der Waals surface area (Å²) >= 11 is 1.13. The van der Waals surface area contributed by atoms with E-state index < -0.39 is 11.9 Å². The third kappa shape index (κ3) is 3.57. The molecule has 0 spiro atoms. The molecule has 0 radical (unpaired) electrons. The Balaban J connectivity index is 1.83. The molecule has 1 unspecified atom stereocenters. The Labute approximate surface area is 146 Å². The van der Waals surface area contributed by atoms with Crippen LogP contribution in [-0.2, 0) is 6.18 Å². The van der Waals surface area contributed by atoms with Crippen molar-refractivity contribution >= 4 is 17.2 Å². The van der Waals surface area contributed by atoms with E-state index in [1.165, 1.54) is 6.92 Å². The molecule has 0 saturated carbocycles. The monoisotopic (exact) mass is 373 g/mol. The molecule has 1 aliphatic rings. The van der Waals surface area contributed by atoms with Crippen LogP contribution < -0.4 is 5.32 Å². The van der Waals surface area contributed by atoms with Crippen LogP contribution in [-0.4, -0.2) is 41.1 Å². The number of carbonyl (C=O) groups excluding carboxylic acids is 1. The molecular weight excluding hydrogens is 355 g/mol. The summed E-state index contributed by atoms with van der Waals surface area (Å²) in [6, 6.07) is 3.62. The van der Waals surface area contributed by atoms with Gasteiger partial charge in [-0.1, -0.05) is 5.16 Å². The van der Waals surface area contributed by atoms with Crippen LogP contribution in [0.2, 0.25) is 0 Å². The molecule has 9 heteroatoms. The minimum atomic E-state index is -4.58. The summed E-state index contributed by atoms with van der Waals surface area (Å²) in [5.41, 5.74) is 0.0520. The molecule has 3 heterocycles. The summed E-state index contributed by atoms with van der Waals surface area (Å²) in [4.78, 5) is 15.4. The smallest absolute Gasteiger partial charge is 0.351 e. The van der Waals surface area contributed by atoms with Crippen molar-refractivity contribution in [2.24, 2.45) is 0 Å². The molecule has 25 heavy (non-hydrogen) atoms. The van der Waals surface area contributed by atoms with Crippen LogP contribution in [0.3, 0.4) is 0 Å². The molecule has 1 aliphatic heterocycles. The lowest BCUT2D eigenvalue weighted by atomic mass is 10.1. The van der Waals surface area contributed by atoms with Gasteiger partial charge in [0, 0.05) is 30.7 Å². The maximum Gasteiger partial charge on any atom is 0.452 e. The van der Waals surface area contributed by atoms with Gasteiger partial charge in [-0.2, -0.15) is 13.2 Å². The first kappa shape index (κ1) is 17.9. The molecule has 1 saturated heterocycles. The highest BCUT2D eigenvalue weighted by Crippen LogP contribution is 2.38. The van der Waals surface area contributed by atoms with Crippen LogP contribution in [0.5, 0.6) is 0 Å². The number of nitrogens with zero attached hydrogens (tertiary/aromatic N) is 2. The Morgan fingerprint density at radius 1 is 1.32 bits per heavy atom. The van der Waals surface area contributed by atoms with Crippen molar-refractivity contribution in [2.75, 3.05) is 13.1 Å². The van der Waals surface area contributed by atoms with E-state index in [0.29, 0.717) is 22.8 Å². The largest absolute Gasteiger partial charge is 0.452 e. The zero-order valence-corrected chi connectivity index (χ0v) is 14.8. The average Bonchev–Trinajstić information content (AvgIpc) is 3.11. The van der Waals surface area contributed by atoms with Gasteiger partial charge in [-0.3, -0.25) is 4.79 Å². The first-order valence-corrected chi connectivity index (χ1v) is 8.67. The summed E-state index contributed by atoms with van der Waals surface area (Å²) in [6.45, 7) is 6.52. The predicted octanol–water partition coefficient (Wildman–Crippen LogP) is 3.55. The van der Waals surface area contributed by atoms with Crippen molar-refractivity contribution in [1.82, 2.24) is 15.4 Å². The zero-order chi connectivity index (χ0) is 18.4. The molecule has 5 nitrogen and oxygen atoms in total. The Kier molecular flexibility index (Phi) is 4.63. The van der Waals surface area contributed by atoms with E-state index >= 15 is 0 Å². The molecule has 1 amide bonds. The number of carbonyl (C=O) groups is 1. The summed E-state index contributed by atoms with van der Waals surface area (Å²) in [6.07, 6.45) is -4.58. The molecule has 2 aromatic heterocycles. The third-order valence-electron chi connectivity index (χ3n) is 4.08. The quantitative estimate of drug-likeness (QED) is 0.875. The number of nitrogens with one attached hydrogen (secondary N) is 1. The predicted molar refractivity (Wildman–Crippen MR) is 87.5 cm³/mol. The van der Waals surface area contributed by atoms with Gasteiger partial charge in [0.2, 0.25) is 5.76 Å². The summed E-state index contributed by atoms with van der Waals surface area (Å²) in [5.74, 6) is -1.22. The molecule has 136 valence electrons. The van der Waals surface area contributed by atoms with Crippen LogP contribution in [0, 0.1) is 6.92 Å². The highest BCUT2D eigenvalue weighted by Gasteiger charge is 2.39. The second-order valence-corrected chi connectivity index (χ2v) is 7.41. The fraction of sp³-hybridized carbons (Fsp3) is 0.500. The minimum Gasteiger partial charge on any atom is -0.351 e. The first-order valence-electron chi connectivity index (χ1n) is 7.85. The van der Waals surface area contributed by atoms with Gasteiger partial charge < -0.3 is 14.7 Å². The van der Waals surface area contributed by atoms with Crippen molar-refractivity contribution < 1.29 is 22.5 Å². The van der Waals surface area contributed by atoms with Gasteiger partial charge in [0.25, 0.3) is 5.91 Å². The van der Waals surface area contributed by atoms with Crippen molar-refractivity contribution in [2.45, 2.75) is 39.0 Å². The van der Waals surface area contributed by atoms with E-state index in [0.717, 1.165) is 11.3 Å². The van der Waals surface area contributed by atoms with E-state index in [1.807, 2.05) is 13.8 Å². The van der Waals surface area contributed by atoms with Crippen molar-refractivity contribution in [1.29, 1.82) is 0 Å². The van der Waals surface area contributed by atoms with Crippen molar-refractivity contribution in [3.8, 4) is 10.6 Å². The molecule has 2 aromatic rings. The minimum absolute atomic E-state index is 0.0715. The fourth-order valence-electron chi connectivity index (χ4n) is 3.06. The van der Waals surface area contributed by atoms with Gasteiger partial charge in [0.15, 0.2) is 0 Å². The SMILES string of the molecule is Cc1c(-c2ccc(C(=O)N3CC(C)N[C@@H](C)C3)s2)noc1C(F)(F)F. The topological polar surface area (TPSA) is 58.4 Å². The number of thiophene rings is 1. The van der Waals surface area contributed by atoms with Gasteiger partial charge in [-0.05, 0) is 32.9 Å². The van der Waals surface area contributed by atoms with E-state index in [9.17, 15) is 18.0 Å². The second kappa shape index (κ2) is 6.45. The van der Waals surface area contributed by atoms with Gasteiger partial charge in [-0.25, -0.2) is 0 Å².